The van der Waals surface area contributed by atoms with E-state index in [4.69, 9.17) is 0 Å². The molecule has 1 heteroatoms. The average molecular weight is 251 g/mol. The monoisotopic (exact) mass is 251 g/mol. The number of rotatable bonds is 2. The normalized spacial score (nSPS) is 18.2. The van der Waals surface area contributed by atoms with Gasteiger partial charge in [0, 0.05) is 18.3 Å². The smallest absolute Gasteiger partial charge is 0.0432 e. The molecule has 1 nitrogen and oxygen atoms in total. The van der Waals surface area contributed by atoms with Crippen molar-refractivity contribution in [3.63, 3.8) is 0 Å². The summed E-state index contributed by atoms with van der Waals surface area (Å²) in [6.45, 7) is 5.53. The Morgan fingerprint density at radius 1 is 1.11 bits per heavy atom. The molecule has 0 aliphatic carbocycles. The van der Waals surface area contributed by atoms with Crippen LogP contribution in [0.1, 0.15) is 30.0 Å². The van der Waals surface area contributed by atoms with E-state index < -0.39 is 0 Å². The van der Waals surface area contributed by atoms with Crippen LogP contribution in [0.5, 0.6) is 0 Å². The van der Waals surface area contributed by atoms with Crippen molar-refractivity contribution in [2.24, 2.45) is 0 Å². The standard InChI is InChI=1S/C18H21N/c1-14-8-10-17-11-9-15(2)19(18(17)12-14)13-16-6-4-3-5-7-16/h3-8,10,12,15H,9,11,13H2,1-2H3. The van der Waals surface area contributed by atoms with E-state index in [-0.39, 0.29) is 0 Å². The van der Waals surface area contributed by atoms with E-state index in [1.54, 1.807) is 0 Å². The van der Waals surface area contributed by atoms with Gasteiger partial charge in [0.15, 0.2) is 0 Å². The highest BCUT2D eigenvalue weighted by Crippen LogP contribution is 2.32. The fourth-order valence-corrected chi connectivity index (χ4v) is 2.93. The molecule has 0 saturated carbocycles. The van der Waals surface area contributed by atoms with Crippen molar-refractivity contribution in [2.75, 3.05) is 4.90 Å². The van der Waals surface area contributed by atoms with Crippen LogP contribution in [-0.2, 0) is 13.0 Å². The van der Waals surface area contributed by atoms with Crippen molar-refractivity contribution in [3.8, 4) is 0 Å². The largest absolute Gasteiger partial charge is 0.364 e. The molecule has 2 aromatic rings. The van der Waals surface area contributed by atoms with E-state index in [1.165, 1.54) is 35.2 Å². The lowest BCUT2D eigenvalue weighted by molar-refractivity contribution is 0.560. The van der Waals surface area contributed by atoms with Gasteiger partial charge in [0.25, 0.3) is 0 Å². The van der Waals surface area contributed by atoms with Crippen LogP contribution in [0.3, 0.4) is 0 Å². The van der Waals surface area contributed by atoms with Crippen LogP contribution in [0.2, 0.25) is 0 Å². The lowest BCUT2D eigenvalue weighted by Crippen LogP contribution is -2.36. The lowest BCUT2D eigenvalue weighted by Gasteiger charge is -2.37. The van der Waals surface area contributed by atoms with Gasteiger partial charge in [-0.15, -0.1) is 0 Å². The first-order valence-electron chi connectivity index (χ1n) is 7.14. The first-order chi connectivity index (χ1) is 9.24. The summed E-state index contributed by atoms with van der Waals surface area (Å²) in [6.07, 6.45) is 2.46. The zero-order valence-corrected chi connectivity index (χ0v) is 11.8. The number of fused-ring (bicyclic) bond motifs is 1. The van der Waals surface area contributed by atoms with Crippen LogP contribution in [-0.4, -0.2) is 6.04 Å². The molecule has 0 bridgehead atoms. The molecule has 0 saturated heterocycles. The summed E-state index contributed by atoms with van der Waals surface area (Å²) in [5.74, 6) is 0. The van der Waals surface area contributed by atoms with E-state index in [9.17, 15) is 0 Å². The highest BCUT2D eigenvalue weighted by molar-refractivity contribution is 5.58. The number of benzene rings is 2. The van der Waals surface area contributed by atoms with Crippen molar-refractivity contribution < 1.29 is 0 Å². The minimum atomic E-state index is 0.620. The summed E-state index contributed by atoms with van der Waals surface area (Å²) in [4.78, 5) is 2.56. The molecular formula is C18H21N. The third-order valence-electron chi connectivity index (χ3n) is 4.11. The Bertz CT molecular complexity index is 559. The maximum atomic E-state index is 2.56. The van der Waals surface area contributed by atoms with Gasteiger partial charge in [-0.2, -0.15) is 0 Å². The van der Waals surface area contributed by atoms with Crippen molar-refractivity contribution in [1.82, 2.24) is 0 Å². The number of anilines is 1. The first kappa shape index (κ1) is 12.3. The molecular weight excluding hydrogens is 230 g/mol. The third-order valence-corrected chi connectivity index (χ3v) is 4.11. The predicted molar refractivity (Wildman–Crippen MR) is 81.6 cm³/mol. The molecule has 1 aliphatic heterocycles. The van der Waals surface area contributed by atoms with Crippen LogP contribution in [0.4, 0.5) is 5.69 Å². The summed E-state index contributed by atoms with van der Waals surface area (Å²) in [6, 6.07) is 18.3. The Morgan fingerprint density at radius 3 is 2.68 bits per heavy atom. The summed E-state index contributed by atoms with van der Waals surface area (Å²) in [5.41, 5.74) is 5.68. The second-order valence-corrected chi connectivity index (χ2v) is 5.63. The van der Waals surface area contributed by atoms with Crippen molar-refractivity contribution in [3.05, 3.63) is 65.2 Å². The van der Waals surface area contributed by atoms with Gasteiger partial charge in [-0.05, 0) is 49.4 Å². The quantitative estimate of drug-likeness (QED) is 0.767. The van der Waals surface area contributed by atoms with Crippen LogP contribution in [0, 0.1) is 6.92 Å². The van der Waals surface area contributed by atoms with Gasteiger partial charge < -0.3 is 4.90 Å². The Morgan fingerprint density at radius 2 is 1.89 bits per heavy atom. The fraction of sp³-hybridized carbons (Fsp3) is 0.333. The first-order valence-corrected chi connectivity index (χ1v) is 7.14. The van der Waals surface area contributed by atoms with Crippen LogP contribution < -0.4 is 4.90 Å². The SMILES string of the molecule is Cc1ccc2c(c1)N(Cc1ccccc1)C(C)CC2. The summed E-state index contributed by atoms with van der Waals surface area (Å²) >= 11 is 0. The maximum absolute atomic E-state index is 2.56. The fourth-order valence-electron chi connectivity index (χ4n) is 2.93. The molecule has 1 heterocycles. The molecule has 0 aromatic heterocycles. The number of hydrogen-bond donors (Lipinski definition) is 0. The average Bonchev–Trinajstić information content (AvgIpc) is 2.43. The summed E-state index contributed by atoms with van der Waals surface area (Å²) in [5, 5.41) is 0. The van der Waals surface area contributed by atoms with Gasteiger partial charge in [-0.3, -0.25) is 0 Å². The highest BCUT2D eigenvalue weighted by Gasteiger charge is 2.22. The van der Waals surface area contributed by atoms with E-state index in [1.807, 2.05) is 0 Å². The number of nitrogens with zero attached hydrogens (tertiary/aromatic N) is 1. The van der Waals surface area contributed by atoms with Gasteiger partial charge >= 0.3 is 0 Å². The molecule has 0 N–H and O–H groups in total. The molecule has 0 fully saturated rings. The predicted octanol–water partition coefficient (Wildman–Crippen LogP) is 4.34. The molecule has 1 atom stereocenters. The van der Waals surface area contributed by atoms with Crippen molar-refractivity contribution >= 4 is 5.69 Å². The Balaban J connectivity index is 1.94. The van der Waals surface area contributed by atoms with E-state index in [0.29, 0.717) is 6.04 Å². The summed E-state index contributed by atoms with van der Waals surface area (Å²) < 4.78 is 0. The van der Waals surface area contributed by atoms with Gasteiger partial charge in [-0.1, -0.05) is 42.5 Å². The van der Waals surface area contributed by atoms with Gasteiger partial charge in [0.05, 0.1) is 0 Å². The maximum Gasteiger partial charge on any atom is 0.0432 e. The lowest BCUT2D eigenvalue weighted by atomic mass is 9.95. The van der Waals surface area contributed by atoms with Gasteiger partial charge in [-0.25, -0.2) is 0 Å². The van der Waals surface area contributed by atoms with Crippen LogP contribution in [0.15, 0.2) is 48.5 Å². The minimum absolute atomic E-state index is 0.620. The Kier molecular flexibility index (Phi) is 3.29. The molecule has 2 aromatic carbocycles. The molecule has 1 unspecified atom stereocenters. The second-order valence-electron chi connectivity index (χ2n) is 5.63. The van der Waals surface area contributed by atoms with Crippen molar-refractivity contribution in [1.29, 1.82) is 0 Å². The number of hydrogen-bond acceptors (Lipinski definition) is 1. The zero-order chi connectivity index (χ0) is 13.2. The van der Waals surface area contributed by atoms with Crippen molar-refractivity contribution in [2.45, 2.75) is 39.3 Å². The molecule has 98 valence electrons. The van der Waals surface area contributed by atoms with Gasteiger partial charge in [0.1, 0.15) is 0 Å². The zero-order valence-electron chi connectivity index (χ0n) is 11.8. The molecule has 0 amide bonds. The minimum Gasteiger partial charge on any atom is -0.364 e. The molecule has 1 aliphatic rings. The Labute approximate surface area is 115 Å². The molecule has 19 heavy (non-hydrogen) atoms. The Hall–Kier alpha value is -1.76. The van der Waals surface area contributed by atoms with Crippen LogP contribution >= 0.6 is 0 Å². The van der Waals surface area contributed by atoms with Crippen LogP contribution in [0.25, 0.3) is 0 Å². The topological polar surface area (TPSA) is 3.24 Å². The second kappa shape index (κ2) is 5.08. The molecule has 0 spiro atoms. The van der Waals surface area contributed by atoms with E-state index in [0.717, 1.165) is 6.54 Å². The molecule has 0 radical (unpaired) electrons. The molecule has 3 rings (SSSR count). The van der Waals surface area contributed by atoms with E-state index >= 15 is 0 Å². The number of aryl methyl sites for hydroxylation is 2. The highest BCUT2D eigenvalue weighted by atomic mass is 15.2. The third kappa shape index (κ3) is 2.51. The van der Waals surface area contributed by atoms with Gasteiger partial charge in [0.2, 0.25) is 0 Å². The summed E-state index contributed by atoms with van der Waals surface area (Å²) in [7, 11) is 0. The van der Waals surface area contributed by atoms with E-state index in [2.05, 4.69) is 67.3 Å².